The van der Waals surface area contributed by atoms with E-state index in [1.807, 2.05) is 19.0 Å². The lowest BCUT2D eigenvalue weighted by molar-refractivity contribution is -0.385. The minimum atomic E-state index is -0.405. The Morgan fingerprint density at radius 3 is 2.73 bits per heavy atom. The number of hydrogen-bond acceptors (Lipinski definition) is 4. The summed E-state index contributed by atoms with van der Waals surface area (Å²) in [5.41, 5.74) is 1.07. The lowest BCUT2D eigenvalue weighted by Gasteiger charge is -2.04. The molecule has 0 bridgehead atoms. The first-order chi connectivity index (χ1) is 7.02. The molecular formula is C10H13N3O2. The van der Waals surface area contributed by atoms with Crippen molar-refractivity contribution >= 4 is 11.8 Å². The van der Waals surface area contributed by atoms with Crippen LogP contribution in [-0.2, 0) is 0 Å². The van der Waals surface area contributed by atoms with Crippen molar-refractivity contribution in [2.45, 2.75) is 6.92 Å². The summed E-state index contributed by atoms with van der Waals surface area (Å²) < 4.78 is 0. The molecule has 0 amide bonds. The quantitative estimate of drug-likeness (QED) is 0.560. The molecule has 0 aliphatic rings. The molecule has 0 radical (unpaired) electrons. The molecule has 0 fully saturated rings. The summed E-state index contributed by atoms with van der Waals surface area (Å²) in [5.74, 6) is 0. The van der Waals surface area contributed by atoms with Gasteiger partial charge in [0.05, 0.1) is 10.5 Å². The van der Waals surface area contributed by atoms with E-state index in [1.54, 1.807) is 31.5 Å². The molecule has 0 atom stereocenters. The molecule has 1 aromatic heterocycles. The first-order valence-corrected chi connectivity index (χ1v) is 4.47. The van der Waals surface area contributed by atoms with Crippen molar-refractivity contribution < 1.29 is 4.92 Å². The standard InChI is InChI=1S/C10H13N3O2/c1-8-10(13(14)15)9(4-6-11-8)5-7-12(2)3/h4-7H,1-3H3. The van der Waals surface area contributed by atoms with Gasteiger partial charge in [-0.25, -0.2) is 0 Å². The zero-order valence-electron chi connectivity index (χ0n) is 8.97. The topological polar surface area (TPSA) is 59.3 Å². The Balaban J connectivity index is 3.17. The second kappa shape index (κ2) is 4.54. The van der Waals surface area contributed by atoms with Crippen molar-refractivity contribution in [1.82, 2.24) is 9.88 Å². The second-order valence-corrected chi connectivity index (χ2v) is 3.37. The van der Waals surface area contributed by atoms with E-state index < -0.39 is 4.92 Å². The Morgan fingerprint density at radius 2 is 2.20 bits per heavy atom. The third-order valence-corrected chi connectivity index (χ3v) is 1.87. The maximum Gasteiger partial charge on any atom is 0.297 e. The van der Waals surface area contributed by atoms with Gasteiger partial charge in [0.2, 0.25) is 0 Å². The van der Waals surface area contributed by atoms with Gasteiger partial charge in [-0.3, -0.25) is 15.1 Å². The van der Waals surface area contributed by atoms with Crippen LogP contribution < -0.4 is 0 Å². The lowest BCUT2D eigenvalue weighted by atomic mass is 10.2. The normalized spacial score (nSPS) is 10.6. The van der Waals surface area contributed by atoms with Crippen LogP contribution in [0.15, 0.2) is 18.5 Å². The number of aromatic nitrogens is 1. The zero-order chi connectivity index (χ0) is 11.4. The molecule has 0 spiro atoms. The minimum Gasteiger partial charge on any atom is -0.383 e. The smallest absolute Gasteiger partial charge is 0.297 e. The maximum absolute atomic E-state index is 10.8. The zero-order valence-corrected chi connectivity index (χ0v) is 8.97. The van der Waals surface area contributed by atoms with Crippen molar-refractivity contribution in [2.24, 2.45) is 0 Å². The second-order valence-electron chi connectivity index (χ2n) is 3.37. The fourth-order valence-electron chi connectivity index (χ4n) is 1.18. The van der Waals surface area contributed by atoms with E-state index in [0.29, 0.717) is 11.3 Å². The van der Waals surface area contributed by atoms with Gasteiger partial charge in [0.1, 0.15) is 5.69 Å². The van der Waals surface area contributed by atoms with Crippen LogP contribution in [0.25, 0.3) is 6.08 Å². The van der Waals surface area contributed by atoms with E-state index >= 15 is 0 Å². The van der Waals surface area contributed by atoms with Gasteiger partial charge in [0.15, 0.2) is 0 Å². The van der Waals surface area contributed by atoms with Crippen LogP contribution in [0.1, 0.15) is 11.3 Å². The molecule has 80 valence electrons. The number of nitro groups is 1. The van der Waals surface area contributed by atoms with Gasteiger partial charge in [-0.2, -0.15) is 0 Å². The average Bonchev–Trinajstić information content (AvgIpc) is 2.13. The van der Waals surface area contributed by atoms with E-state index in [0.717, 1.165) is 0 Å². The minimum absolute atomic E-state index is 0.0654. The fourth-order valence-corrected chi connectivity index (χ4v) is 1.18. The Labute approximate surface area is 88.2 Å². The van der Waals surface area contributed by atoms with Gasteiger partial charge in [0, 0.05) is 20.3 Å². The molecule has 5 heteroatoms. The van der Waals surface area contributed by atoms with Crippen molar-refractivity contribution in [3.8, 4) is 0 Å². The summed E-state index contributed by atoms with van der Waals surface area (Å²) in [6.07, 6.45) is 5.03. The average molecular weight is 207 g/mol. The monoisotopic (exact) mass is 207 g/mol. The van der Waals surface area contributed by atoms with Crippen LogP contribution in [0.5, 0.6) is 0 Å². The summed E-state index contributed by atoms with van der Waals surface area (Å²) in [4.78, 5) is 16.1. The molecule has 1 rings (SSSR count). The summed E-state index contributed by atoms with van der Waals surface area (Å²) in [7, 11) is 3.72. The van der Waals surface area contributed by atoms with Crippen LogP contribution in [0, 0.1) is 17.0 Å². The molecule has 1 aromatic rings. The number of hydrogen-bond donors (Lipinski definition) is 0. The number of rotatable bonds is 3. The highest BCUT2D eigenvalue weighted by Crippen LogP contribution is 2.22. The molecule has 0 unspecified atom stereocenters. The van der Waals surface area contributed by atoms with Gasteiger partial charge >= 0.3 is 0 Å². The first kappa shape index (κ1) is 11.2. The van der Waals surface area contributed by atoms with E-state index in [-0.39, 0.29) is 5.69 Å². The van der Waals surface area contributed by atoms with Crippen LogP contribution in [0.4, 0.5) is 5.69 Å². The van der Waals surface area contributed by atoms with Gasteiger partial charge in [-0.05, 0) is 25.3 Å². The number of nitrogens with zero attached hydrogens (tertiary/aromatic N) is 3. The molecular weight excluding hydrogens is 194 g/mol. The highest BCUT2D eigenvalue weighted by molar-refractivity contribution is 5.61. The molecule has 15 heavy (non-hydrogen) atoms. The van der Waals surface area contributed by atoms with Crippen LogP contribution >= 0.6 is 0 Å². The van der Waals surface area contributed by atoms with E-state index in [2.05, 4.69) is 4.98 Å². The number of aryl methyl sites for hydroxylation is 1. The largest absolute Gasteiger partial charge is 0.383 e. The van der Waals surface area contributed by atoms with Crippen molar-refractivity contribution in [3.63, 3.8) is 0 Å². The van der Waals surface area contributed by atoms with Gasteiger partial charge in [-0.1, -0.05) is 0 Å². The SMILES string of the molecule is Cc1nccc(C=CN(C)C)c1[N+](=O)[O-]. The Morgan fingerprint density at radius 1 is 1.53 bits per heavy atom. The third kappa shape index (κ3) is 2.77. The predicted octanol–water partition coefficient (Wildman–Crippen LogP) is 1.83. The van der Waals surface area contributed by atoms with Crippen molar-refractivity contribution in [1.29, 1.82) is 0 Å². The molecule has 0 aliphatic carbocycles. The first-order valence-electron chi connectivity index (χ1n) is 4.47. The molecule has 5 nitrogen and oxygen atoms in total. The summed E-state index contributed by atoms with van der Waals surface area (Å²) in [6.45, 7) is 1.63. The molecule has 0 aromatic carbocycles. The lowest BCUT2D eigenvalue weighted by Crippen LogP contribution is -2.01. The summed E-state index contributed by atoms with van der Waals surface area (Å²) >= 11 is 0. The van der Waals surface area contributed by atoms with Crippen molar-refractivity contribution in [3.05, 3.63) is 39.8 Å². The summed E-state index contributed by atoms with van der Waals surface area (Å²) in [6, 6.07) is 1.63. The van der Waals surface area contributed by atoms with E-state index in [9.17, 15) is 10.1 Å². The maximum atomic E-state index is 10.8. The number of pyridine rings is 1. The highest BCUT2D eigenvalue weighted by atomic mass is 16.6. The summed E-state index contributed by atoms with van der Waals surface area (Å²) in [5, 5.41) is 10.8. The van der Waals surface area contributed by atoms with Crippen LogP contribution in [0.3, 0.4) is 0 Å². The van der Waals surface area contributed by atoms with Crippen LogP contribution in [-0.4, -0.2) is 28.9 Å². The van der Waals surface area contributed by atoms with Gasteiger partial charge in [0.25, 0.3) is 5.69 Å². The molecule has 0 aliphatic heterocycles. The van der Waals surface area contributed by atoms with Crippen LogP contribution in [0.2, 0.25) is 0 Å². The van der Waals surface area contributed by atoms with E-state index in [4.69, 9.17) is 0 Å². The Hall–Kier alpha value is -1.91. The highest BCUT2D eigenvalue weighted by Gasteiger charge is 2.15. The van der Waals surface area contributed by atoms with Gasteiger partial charge < -0.3 is 4.90 Å². The van der Waals surface area contributed by atoms with Gasteiger partial charge in [-0.15, -0.1) is 0 Å². The van der Waals surface area contributed by atoms with Crippen molar-refractivity contribution in [2.75, 3.05) is 14.1 Å². The van der Waals surface area contributed by atoms with E-state index in [1.165, 1.54) is 0 Å². The molecule has 1 heterocycles. The Bertz CT molecular complexity index is 400. The fraction of sp³-hybridized carbons (Fsp3) is 0.300. The molecule has 0 saturated carbocycles. The molecule has 0 saturated heterocycles. The third-order valence-electron chi connectivity index (χ3n) is 1.87. The molecule has 0 N–H and O–H groups in total. The Kier molecular flexibility index (Phi) is 3.38. The predicted molar refractivity (Wildman–Crippen MR) is 58.3 cm³/mol.